The van der Waals surface area contributed by atoms with Gasteiger partial charge >= 0.3 is 6.09 Å². The van der Waals surface area contributed by atoms with Gasteiger partial charge in [0.05, 0.1) is 18.1 Å². The highest BCUT2D eigenvalue weighted by Gasteiger charge is 2.22. The number of anilines is 1. The van der Waals surface area contributed by atoms with Crippen LogP contribution in [0.4, 0.5) is 10.6 Å². The number of amides is 1. The van der Waals surface area contributed by atoms with E-state index in [0.717, 1.165) is 43.0 Å². The van der Waals surface area contributed by atoms with Crippen molar-refractivity contribution in [3.63, 3.8) is 0 Å². The van der Waals surface area contributed by atoms with E-state index < -0.39 is 5.60 Å². The number of ether oxygens (including phenoxy) is 1. The minimum atomic E-state index is -0.462. The van der Waals surface area contributed by atoms with Crippen molar-refractivity contribution < 1.29 is 9.53 Å². The first-order valence-corrected chi connectivity index (χ1v) is 9.50. The molecule has 2 heterocycles. The van der Waals surface area contributed by atoms with Gasteiger partial charge in [0.2, 0.25) is 0 Å². The monoisotopic (exact) mass is 368 g/mol. The molecule has 0 bridgehead atoms. The van der Waals surface area contributed by atoms with E-state index >= 15 is 0 Å². The van der Waals surface area contributed by atoms with Crippen LogP contribution < -0.4 is 10.2 Å². The number of carbonyl (C=O) groups is 1. The zero-order valence-corrected chi connectivity index (χ0v) is 16.3. The van der Waals surface area contributed by atoms with Crippen LogP contribution in [0, 0.1) is 5.92 Å². The Labute approximate surface area is 161 Å². The number of nitrogens with zero attached hydrogens (tertiary/aromatic N) is 3. The molecule has 27 heavy (non-hydrogen) atoms. The molecule has 2 aromatic rings. The summed E-state index contributed by atoms with van der Waals surface area (Å²) in [5.41, 5.74) is 1.50. The van der Waals surface area contributed by atoms with Gasteiger partial charge in [-0.05, 0) is 39.5 Å². The Morgan fingerprint density at radius 2 is 1.89 bits per heavy atom. The molecule has 1 aliphatic heterocycles. The number of rotatable bonds is 4. The summed E-state index contributed by atoms with van der Waals surface area (Å²) >= 11 is 0. The van der Waals surface area contributed by atoms with E-state index in [9.17, 15) is 4.79 Å². The first-order chi connectivity index (χ1) is 12.9. The van der Waals surface area contributed by atoms with Crippen molar-refractivity contribution >= 4 is 11.9 Å². The molecule has 1 N–H and O–H groups in total. The first kappa shape index (κ1) is 19.1. The van der Waals surface area contributed by atoms with Crippen LogP contribution in [0.15, 0.2) is 42.7 Å². The summed E-state index contributed by atoms with van der Waals surface area (Å²) in [6.45, 7) is 8.08. The summed E-state index contributed by atoms with van der Waals surface area (Å²) < 4.78 is 5.30. The molecule has 1 amide bonds. The molecule has 3 rings (SSSR count). The van der Waals surface area contributed by atoms with Crippen LogP contribution in [0.25, 0.3) is 11.3 Å². The SMILES string of the molecule is CC(C)(C)OC(=O)NCC1CCN(c2cncc(-c3ccccc3)n2)CC1. The standard InChI is InChI=1S/C21H28N4O2/c1-21(2,3)27-20(26)23-13-16-9-11-25(12-10-16)19-15-22-14-18(24-19)17-7-5-4-6-8-17/h4-8,14-16H,9-13H2,1-3H3,(H,23,26). The summed E-state index contributed by atoms with van der Waals surface area (Å²) in [5, 5.41) is 2.89. The summed E-state index contributed by atoms with van der Waals surface area (Å²) in [4.78, 5) is 23.2. The minimum Gasteiger partial charge on any atom is -0.444 e. The zero-order chi connectivity index (χ0) is 19.3. The Balaban J connectivity index is 1.52. The molecule has 1 fully saturated rings. The van der Waals surface area contributed by atoms with Gasteiger partial charge in [0.15, 0.2) is 0 Å². The second kappa shape index (κ2) is 8.37. The number of alkyl carbamates (subject to hydrolysis) is 1. The third-order valence-electron chi connectivity index (χ3n) is 4.56. The van der Waals surface area contributed by atoms with Gasteiger partial charge in [-0.2, -0.15) is 0 Å². The highest BCUT2D eigenvalue weighted by atomic mass is 16.6. The van der Waals surface area contributed by atoms with Gasteiger partial charge in [-0.3, -0.25) is 4.98 Å². The van der Waals surface area contributed by atoms with Crippen molar-refractivity contribution in [1.82, 2.24) is 15.3 Å². The number of carbonyl (C=O) groups excluding carboxylic acids is 1. The highest BCUT2D eigenvalue weighted by molar-refractivity contribution is 5.67. The summed E-state index contributed by atoms with van der Waals surface area (Å²) in [5.74, 6) is 1.37. The van der Waals surface area contributed by atoms with Gasteiger partial charge in [-0.15, -0.1) is 0 Å². The van der Waals surface area contributed by atoms with E-state index in [1.165, 1.54) is 0 Å². The molecule has 1 aromatic heterocycles. The third kappa shape index (κ3) is 5.67. The van der Waals surface area contributed by atoms with Crippen LogP contribution in [-0.2, 0) is 4.74 Å². The third-order valence-corrected chi connectivity index (χ3v) is 4.56. The van der Waals surface area contributed by atoms with Crippen LogP contribution >= 0.6 is 0 Å². The lowest BCUT2D eigenvalue weighted by atomic mass is 9.97. The lowest BCUT2D eigenvalue weighted by molar-refractivity contribution is 0.0517. The molecule has 0 atom stereocenters. The topological polar surface area (TPSA) is 67.3 Å². The predicted octanol–water partition coefficient (Wildman–Crippen LogP) is 3.88. The van der Waals surface area contributed by atoms with E-state index in [2.05, 4.69) is 15.2 Å². The molecule has 0 aliphatic carbocycles. The molecule has 0 unspecified atom stereocenters. The van der Waals surface area contributed by atoms with Crippen molar-refractivity contribution in [2.24, 2.45) is 5.92 Å². The van der Waals surface area contributed by atoms with Crippen LogP contribution in [0.5, 0.6) is 0 Å². The first-order valence-electron chi connectivity index (χ1n) is 9.50. The van der Waals surface area contributed by atoms with Crippen molar-refractivity contribution in [3.8, 4) is 11.3 Å². The van der Waals surface area contributed by atoms with Crippen LogP contribution in [0.3, 0.4) is 0 Å². The maximum absolute atomic E-state index is 11.8. The van der Waals surface area contributed by atoms with Crippen LogP contribution in [0.1, 0.15) is 33.6 Å². The predicted molar refractivity (Wildman–Crippen MR) is 107 cm³/mol. The van der Waals surface area contributed by atoms with Gasteiger partial charge in [-0.25, -0.2) is 9.78 Å². The fourth-order valence-corrected chi connectivity index (χ4v) is 3.16. The molecule has 1 aliphatic rings. The normalized spacial score (nSPS) is 15.4. The number of hydrogen-bond acceptors (Lipinski definition) is 5. The lowest BCUT2D eigenvalue weighted by Crippen LogP contribution is -2.40. The van der Waals surface area contributed by atoms with E-state index in [0.29, 0.717) is 12.5 Å². The van der Waals surface area contributed by atoms with Crippen LogP contribution in [-0.4, -0.2) is 41.3 Å². The molecule has 6 nitrogen and oxygen atoms in total. The fraction of sp³-hybridized carbons (Fsp3) is 0.476. The fourth-order valence-electron chi connectivity index (χ4n) is 3.16. The summed E-state index contributed by atoms with van der Waals surface area (Å²) in [6.07, 6.45) is 5.30. The van der Waals surface area contributed by atoms with Gasteiger partial charge in [0, 0.05) is 25.2 Å². The van der Waals surface area contributed by atoms with Crippen molar-refractivity contribution in [2.45, 2.75) is 39.2 Å². The molecular formula is C21H28N4O2. The number of aromatic nitrogens is 2. The number of hydrogen-bond donors (Lipinski definition) is 1. The molecule has 144 valence electrons. The molecular weight excluding hydrogens is 340 g/mol. The molecule has 1 aromatic carbocycles. The molecule has 1 saturated heterocycles. The highest BCUT2D eigenvalue weighted by Crippen LogP contribution is 2.23. The Hall–Kier alpha value is -2.63. The Kier molecular flexibility index (Phi) is 5.94. The molecule has 0 spiro atoms. The van der Waals surface area contributed by atoms with Crippen molar-refractivity contribution in [2.75, 3.05) is 24.5 Å². The second-order valence-corrected chi connectivity index (χ2v) is 7.94. The maximum atomic E-state index is 11.8. The second-order valence-electron chi connectivity index (χ2n) is 7.94. The number of nitrogens with one attached hydrogen (secondary N) is 1. The van der Waals surface area contributed by atoms with Crippen molar-refractivity contribution in [1.29, 1.82) is 0 Å². The van der Waals surface area contributed by atoms with E-state index in [-0.39, 0.29) is 6.09 Å². The Morgan fingerprint density at radius 1 is 1.19 bits per heavy atom. The average Bonchev–Trinajstić information content (AvgIpc) is 2.66. The molecule has 6 heteroatoms. The maximum Gasteiger partial charge on any atom is 0.407 e. The van der Waals surface area contributed by atoms with Gasteiger partial charge < -0.3 is 15.0 Å². The molecule has 0 radical (unpaired) electrons. The van der Waals surface area contributed by atoms with Crippen molar-refractivity contribution in [3.05, 3.63) is 42.7 Å². The van der Waals surface area contributed by atoms with Crippen LogP contribution in [0.2, 0.25) is 0 Å². The van der Waals surface area contributed by atoms with Gasteiger partial charge in [-0.1, -0.05) is 30.3 Å². The quantitative estimate of drug-likeness (QED) is 0.887. The zero-order valence-electron chi connectivity index (χ0n) is 16.3. The Bertz CT molecular complexity index is 750. The Morgan fingerprint density at radius 3 is 2.56 bits per heavy atom. The number of benzene rings is 1. The summed E-state index contributed by atoms with van der Waals surface area (Å²) in [6, 6.07) is 10.1. The minimum absolute atomic E-state index is 0.341. The average molecular weight is 368 g/mol. The van der Waals surface area contributed by atoms with Gasteiger partial charge in [0.1, 0.15) is 11.4 Å². The van der Waals surface area contributed by atoms with E-state index in [1.807, 2.05) is 57.3 Å². The molecule has 0 saturated carbocycles. The van der Waals surface area contributed by atoms with E-state index in [1.54, 1.807) is 6.20 Å². The van der Waals surface area contributed by atoms with Gasteiger partial charge in [0.25, 0.3) is 0 Å². The lowest BCUT2D eigenvalue weighted by Gasteiger charge is -2.33. The smallest absolute Gasteiger partial charge is 0.407 e. The van der Waals surface area contributed by atoms with E-state index in [4.69, 9.17) is 9.72 Å². The summed E-state index contributed by atoms with van der Waals surface area (Å²) in [7, 11) is 0. The largest absolute Gasteiger partial charge is 0.444 e. The number of piperidine rings is 1.